The van der Waals surface area contributed by atoms with Gasteiger partial charge >= 0.3 is 6.18 Å². The largest absolute Gasteiger partial charge is 0.416 e. The molecule has 0 bridgehead atoms. The van der Waals surface area contributed by atoms with Crippen LogP contribution in [0.4, 0.5) is 24.5 Å². The summed E-state index contributed by atoms with van der Waals surface area (Å²) >= 11 is 0. The second kappa shape index (κ2) is 7.86. The molecule has 0 atom stereocenters. The molecule has 2 N–H and O–H groups in total. The number of hydrogen-bond acceptors (Lipinski definition) is 4. The number of halogens is 3. The first-order valence-electron chi connectivity index (χ1n) is 8.00. The van der Waals surface area contributed by atoms with Gasteiger partial charge in [-0.15, -0.1) is 0 Å². The molecule has 27 heavy (non-hydrogen) atoms. The van der Waals surface area contributed by atoms with Gasteiger partial charge in [0.2, 0.25) is 0 Å². The predicted octanol–water partition coefficient (Wildman–Crippen LogP) is 4.17. The Kier molecular flexibility index (Phi) is 5.35. The molecule has 2 heterocycles. The minimum absolute atomic E-state index is 0.195. The maximum absolute atomic E-state index is 12.8. The Morgan fingerprint density at radius 3 is 2.48 bits per heavy atom. The van der Waals surface area contributed by atoms with Crippen molar-refractivity contribution in [2.75, 3.05) is 5.32 Å². The molecule has 3 aromatic rings. The van der Waals surface area contributed by atoms with Crippen LogP contribution in [0.3, 0.4) is 0 Å². The highest BCUT2D eigenvalue weighted by Gasteiger charge is 2.30. The zero-order valence-electron chi connectivity index (χ0n) is 14.0. The number of benzene rings is 1. The lowest BCUT2D eigenvalue weighted by atomic mass is 10.2. The molecule has 1 aromatic carbocycles. The van der Waals surface area contributed by atoms with Crippen molar-refractivity contribution in [1.29, 1.82) is 0 Å². The van der Waals surface area contributed by atoms with Gasteiger partial charge in [0.25, 0.3) is 5.91 Å². The van der Waals surface area contributed by atoms with E-state index in [9.17, 15) is 18.0 Å². The van der Waals surface area contributed by atoms with Gasteiger partial charge in [0.05, 0.1) is 29.7 Å². The number of pyridine rings is 2. The van der Waals surface area contributed by atoms with Crippen molar-refractivity contribution in [3.05, 3.63) is 83.9 Å². The van der Waals surface area contributed by atoms with Gasteiger partial charge in [-0.2, -0.15) is 13.2 Å². The van der Waals surface area contributed by atoms with E-state index in [1.807, 2.05) is 6.07 Å². The molecular weight excluding hydrogens is 357 g/mol. The van der Waals surface area contributed by atoms with Crippen LogP contribution in [0.1, 0.15) is 21.7 Å². The van der Waals surface area contributed by atoms with Crippen molar-refractivity contribution < 1.29 is 18.0 Å². The molecule has 0 radical (unpaired) electrons. The van der Waals surface area contributed by atoms with Crippen molar-refractivity contribution in [1.82, 2.24) is 15.3 Å². The van der Waals surface area contributed by atoms with Gasteiger partial charge < -0.3 is 10.6 Å². The fraction of sp³-hybridized carbons (Fsp3) is 0.105. The topological polar surface area (TPSA) is 66.9 Å². The summed E-state index contributed by atoms with van der Waals surface area (Å²) in [5, 5.41) is 5.54. The molecule has 0 aliphatic rings. The average Bonchev–Trinajstić information content (AvgIpc) is 2.67. The average molecular weight is 372 g/mol. The van der Waals surface area contributed by atoms with Crippen molar-refractivity contribution in [2.24, 2.45) is 0 Å². The standard InChI is InChI=1S/C19H15F3N4O/c20-19(21,22)13-4-3-6-14(10-13)26-16-7-8-17(24-12-16)18(27)25-11-15-5-1-2-9-23-15/h1-10,12,26H,11H2,(H,25,27). The fourth-order valence-corrected chi connectivity index (χ4v) is 2.31. The van der Waals surface area contributed by atoms with Crippen LogP contribution in [0.15, 0.2) is 67.0 Å². The first kappa shape index (κ1) is 18.4. The van der Waals surface area contributed by atoms with Gasteiger partial charge in [0.15, 0.2) is 0 Å². The summed E-state index contributed by atoms with van der Waals surface area (Å²) in [6, 6.07) is 13.3. The van der Waals surface area contributed by atoms with E-state index in [4.69, 9.17) is 0 Å². The van der Waals surface area contributed by atoms with Crippen molar-refractivity contribution >= 4 is 17.3 Å². The number of aromatic nitrogens is 2. The molecule has 3 rings (SSSR count). The Balaban J connectivity index is 1.62. The third-order valence-electron chi connectivity index (χ3n) is 3.63. The van der Waals surface area contributed by atoms with E-state index in [0.29, 0.717) is 11.4 Å². The quantitative estimate of drug-likeness (QED) is 0.706. The second-order valence-corrected chi connectivity index (χ2v) is 5.64. The molecule has 2 aromatic heterocycles. The molecule has 0 saturated carbocycles. The first-order chi connectivity index (χ1) is 12.9. The van der Waals surface area contributed by atoms with Gasteiger partial charge in [0.1, 0.15) is 5.69 Å². The Morgan fingerprint density at radius 1 is 0.963 bits per heavy atom. The molecule has 0 spiro atoms. The summed E-state index contributed by atoms with van der Waals surface area (Å²) in [5.74, 6) is -0.369. The van der Waals surface area contributed by atoms with E-state index in [1.54, 1.807) is 24.4 Å². The van der Waals surface area contributed by atoms with Crippen LogP contribution in [-0.4, -0.2) is 15.9 Å². The van der Waals surface area contributed by atoms with Gasteiger partial charge in [-0.1, -0.05) is 12.1 Å². The van der Waals surface area contributed by atoms with E-state index >= 15 is 0 Å². The number of carbonyl (C=O) groups is 1. The zero-order chi connectivity index (χ0) is 19.3. The van der Waals surface area contributed by atoms with Crippen LogP contribution >= 0.6 is 0 Å². The number of anilines is 2. The Bertz CT molecular complexity index is 912. The smallest absolute Gasteiger partial charge is 0.354 e. The summed E-state index contributed by atoms with van der Waals surface area (Å²) in [6.07, 6.45) is -1.39. The number of carbonyl (C=O) groups excluding carboxylic acids is 1. The number of amides is 1. The van der Waals surface area contributed by atoms with Gasteiger partial charge in [-0.3, -0.25) is 9.78 Å². The van der Waals surface area contributed by atoms with Gasteiger partial charge in [-0.25, -0.2) is 4.98 Å². The van der Waals surface area contributed by atoms with Gasteiger partial charge in [0, 0.05) is 11.9 Å². The van der Waals surface area contributed by atoms with Crippen molar-refractivity contribution in [2.45, 2.75) is 12.7 Å². The van der Waals surface area contributed by atoms with E-state index in [0.717, 1.165) is 12.1 Å². The molecule has 8 heteroatoms. The number of rotatable bonds is 5. The Morgan fingerprint density at radius 2 is 1.81 bits per heavy atom. The number of alkyl halides is 3. The maximum Gasteiger partial charge on any atom is 0.416 e. The summed E-state index contributed by atoms with van der Waals surface area (Å²) in [4.78, 5) is 20.2. The SMILES string of the molecule is O=C(NCc1ccccn1)c1ccc(Nc2cccc(C(F)(F)F)c2)cn1. The molecule has 0 aliphatic carbocycles. The number of nitrogens with zero attached hydrogens (tertiary/aromatic N) is 2. The normalized spacial score (nSPS) is 11.1. The second-order valence-electron chi connectivity index (χ2n) is 5.64. The minimum Gasteiger partial charge on any atom is -0.354 e. The van der Waals surface area contributed by atoms with Crippen molar-refractivity contribution in [3.8, 4) is 0 Å². The highest BCUT2D eigenvalue weighted by Crippen LogP contribution is 2.31. The molecule has 5 nitrogen and oxygen atoms in total. The molecule has 0 fully saturated rings. The summed E-state index contributed by atoms with van der Waals surface area (Å²) in [5.41, 5.74) is 0.912. The Hall–Kier alpha value is -3.42. The summed E-state index contributed by atoms with van der Waals surface area (Å²) in [6.45, 7) is 0.269. The molecule has 0 aliphatic heterocycles. The van der Waals surface area contributed by atoms with E-state index in [1.165, 1.54) is 24.4 Å². The lowest BCUT2D eigenvalue weighted by Gasteiger charge is -2.11. The third-order valence-corrected chi connectivity index (χ3v) is 3.63. The van der Waals surface area contributed by atoms with Crippen molar-refractivity contribution in [3.63, 3.8) is 0 Å². The maximum atomic E-state index is 12.8. The molecular formula is C19H15F3N4O. The van der Waals surface area contributed by atoms with E-state index in [2.05, 4.69) is 20.6 Å². The predicted molar refractivity (Wildman–Crippen MR) is 94.4 cm³/mol. The molecule has 0 saturated heterocycles. The lowest BCUT2D eigenvalue weighted by Crippen LogP contribution is -2.24. The van der Waals surface area contributed by atoms with Crippen LogP contribution in [0.5, 0.6) is 0 Å². The zero-order valence-corrected chi connectivity index (χ0v) is 14.0. The molecule has 138 valence electrons. The minimum atomic E-state index is -4.41. The fourth-order valence-electron chi connectivity index (χ4n) is 2.31. The van der Waals surface area contributed by atoms with Crippen LogP contribution in [0.2, 0.25) is 0 Å². The van der Waals surface area contributed by atoms with Gasteiger partial charge in [-0.05, 0) is 42.5 Å². The molecule has 1 amide bonds. The number of nitrogens with one attached hydrogen (secondary N) is 2. The first-order valence-corrected chi connectivity index (χ1v) is 8.00. The molecule has 0 unspecified atom stereocenters. The third kappa shape index (κ3) is 5.04. The van der Waals surface area contributed by atoms with Crippen LogP contribution in [0, 0.1) is 0 Å². The van der Waals surface area contributed by atoms with E-state index < -0.39 is 11.7 Å². The van der Waals surface area contributed by atoms with Crippen LogP contribution in [0.25, 0.3) is 0 Å². The summed E-state index contributed by atoms with van der Waals surface area (Å²) < 4.78 is 38.3. The lowest BCUT2D eigenvalue weighted by molar-refractivity contribution is -0.137. The summed E-state index contributed by atoms with van der Waals surface area (Å²) in [7, 11) is 0. The highest BCUT2D eigenvalue weighted by molar-refractivity contribution is 5.92. The monoisotopic (exact) mass is 372 g/mol. The Labute approximate surface area is 153 Å². The highest BCUT2D eigenvalue weighted by atomic mass is 19.4. The van der Waals surface area contributed by atoms with E-state index in [-0.39, 0.29) is 23.8 Å². The van der Waals surface area contributed by atoms with Crippen LogP contribution in [-0.2, 0) is 12.7 Å². The number of hydrogen-bond donors (Lipinski definition) is 2. The van der Waals surface area contributed by atoms with Crippen LogP contribution < -0.4 is 10.6 Å².